The number of benzene rings is 2. The molecule has 0 radical (unpaired) electrons. The third-order valence-electron chi connectivity index (χ3n) is 9.26. The Kier molecular flexibility index (Phi) is 31.6. The fourth-order valence-electron chi connectivity index (χ4n) is 5.33. The van der Waals surface area contributed by atoms with E-state index < -0.39 is 18.4 Å². The number of carbonyl (C=O) groups excluding carboxylic acids is 7. The van der Waals surface area contributed by atoms with Crippen LogP contribution in [0.1, 0.15) is 114 Å². The third-order valence-corrected chi connectivity index (χ3v) is 13.2. The number of anilines is 2. The molecule has 18 nitrogen and oxygen atoms in total. The maximum Gasteiger partial charge on any atom is 0.322 e. The SMILES string of the molecule is CSC(C)(C)CCC(=O)NCC(=O)CCC(=O)NCC(=O)O.CSSC(C)(C)CCC(=O)CCC(=O)NCC(=O)CCC(=O)Nc1cc(CO)cc(CO)c1.Nc1cc(CO)cc(CO)c1. The monoisotopic (exact) mass is 983 g/mol. The Labute approximate surface area is 399 Å². The molecular formula is C45H69N5O13S3. The van der Waals surface area contributed by atoms with Crippen molar-refractivity contribution in [2.45, 2.75) is 128 Å². The van der Waals surface area contributed by atoms with Crippen LogP contribution in [0.4, 0.5) is 11.4 Å². The van der Waals surface area contributed by atoms with Gasteiger partial charge in [0.05, 0.1) is 39.5 Å². The number of thioether (sulfide) groups is 1. The topological polar surface area (TPSA) is 312 Å². The lowest BCUT2D eigenvalue weighted by atomic mass is 10.0. The van der Waals surface area contributed by atoms with Crippen LogP contribution >= 0.6 is 33.3 Å². The van der Waals surface area contributed by atoms with E-state index in [1.54, 1.807) is 69.7 Å². The number of Topliss-reactive ketones (excluding diaryl/α,β-unsaturated/α-hetero) is 3. The van der Waals surface area contributed by atoms with Gasteiger partial charge in [0.25, 0.3) is 0 Å². The Morgan fingerprint density at radius 3 is 1.33 bits per heavy atom. The lowest BCUT2D eigenvalue weighted by Gasteiger charge is -2.21. The Balaban J connectivity index is 0.00000109. The number of carbonyl (C=O) groups is 8. The van der Waals surface area contributed by atoms with Crippen molar-refractivity contribution in [3.05, 3.63) is 58.7 Å². The number of aliphatic hydroxyl groups is 4. The summed E-state index contributed by atoms with van der Waals surface area (Å²) in [5.74, 6) is -3.10. The quantitative estimate of drug-likeness (QED) is 0.0409. The zero-order chi connectivity index (χ0) is 50.3. The van der Waals surface area contributed by atoms with Crippen LogP contribution in [0, 0.1) is 0 Å². The normalized spacial score (nSPS) is 10.9. The molecule has 0 fully saturated rings. The smallest absolute Gasteiger partial charge is 0.322 e. The van der Waals surface area contributed by atoms with E-state index in [2.05, 4.69) is 35.1 Å². The first kappa shape index (κ1) is 61.5. The van der Waals surface area contributed by atoms with Crippen LogP contribution in [0.25, 0.3) is 0 Å². The van der Waals surface area contributed by atoms with Crippen molar-refractivity contribution in [3.63, 3.8) is 0 Å². The average Bonchev–Trinajstić information content (AvgIpc) is 3.28. The molecule has 0 saturated heterocycles. The summed E-state index contributed by atoms with van der Waals surface area (Å²) in [6, 6.07) is 9.88. The van der Waals surface area contributed by atoms with E-state index >= 15 is 0 Å². The summed E-state index contributed by atoms with van der Waals surface area (Å²) in [4.78, 5) is 92.6. The highest BCUT2D eigenvalue weighted by molar-refractivity contribution is 8.76. The predicted octanol–water partition coefficient (Wildman–Crippen LogP) is 3.82. The van der Waals surface area contributed by atoms with Gasteiger partial charge in [-0.1, -0.05) is 47.6 Å². The molecule has 370 valence electrons. The number of hydrogen-bond acceptors (Lipinski definition) is 16. The van der Waals surface area contributed by atoms with Crippen LogP contribution in [0.15, 0.2) is 36.4 Å². The summed E-state index contributed by atoms with van der Waals surface area (Å²) < 4.78 is 0.0162. The van der Waals surface area contributed by atoms with Crippen molar-refractivity contribution in [2.24, 2.45) is 0 Å². The van der Waals surface area contributed by atoms with Gasteiger partial charge in [-0.05, 0) is 85.7 Å². The third kappa shape index (κ3) is 31.4. The fourth-order valence-corrected chi connectivity index (χ4v) is 7.88. The number of amides is 4. The van der Waals surface area contributed by atoms with Crippen molar-refractivity contribution in [2.75, 3.05) is 43.2 Å². The molecule has 0 aliphatic rings. The van der Waals surface area contributed by atoms with E-state index in [1.807, 2.05) is 26.4 Å². The highest BCUT2D eigenvalue weighted by atomic mass is 33.1. The molecule has 66 heavy (non-hydrogen) atoms. The van der Waals surface area contributed by atoms with Crippen LogP contribution < -0.4 is 27.0 Å². The second-order valence-corrected chi connectivity index (χ2v) is 20.7. The number of aliphatic carboxylic acids is 1. The lowest BCUT2D eigenvalue weighted by molar-refractivity contribution is -0.138. The molecule has 0 aliphatic heterocycles. The van der Waals surface area contributed by atoms with Crippen molar-refractivity contribution in [1.29, 1.82) is 0 Å². The average molecular weight is 984 g/mol. The molecular weight excluding hydrogens is 915 g/mol. The van der Waals surface area contributed by atoms with Crippen LogP contribution in [0.3, 0.4) is 0 Å². The first-order valence-corrected chi connectivity index (χ1v) is 24.9. The molecule has 0 heterocycles. The van der Waals surface area contributed by atoms with Gasteiger partial charge in [0.2, 0.25) is 23.6 Å². The minimum absolute atomic E-state index is 0.00119. The number of nitrogens with one attached hydrogen (secondary N) is 4. The molecule has 4 amide bonds. The highest BCUT2D eigenvalue weighted by Crippen LogP contribution is 2.37. The number of nitrogens with two attached hydrogens (primary N) is 1. The maximum atomic E-state index is 12.1. The zero-order valence-corrected chi connectivity index (χ0v) is 41.2. The van der Waals surface area contributed by atoms with E-state index in [0.29, 0.717) is 41.8 Å². The number of hydrogen-bond donors (Lipinski definition) is 10. The Morgan fingerprint density at radius 2 is 0.909 bits per heavy atom. The molecule has 0 saturated carbocycles. The molecule has 11 N–H and O–H groups in total. The number of ketones is 3. The van der Waals surface area contributed by atoms with Gasteiger partial charge in [-0.15, -0.1) is 0 Å². The second kappa shape index (κ2) is 33.9. The van der Waals surface area contributed by atoms with Crippen molar-refractivity contribution in [1.82, 2.24) is 16.0 Å². The number of carboxylic acid groups (broad SMARTS) is 1. The standard InChI is InChI=1S/C23H34N2O6S2.C14H24N2O5S.C8H11NO2/c1-23(2,33-32-3)9-8-19(28)4-6-21(30)24-13-20(29)5-7-22(31)25-18-11-16(14-26)10-17(12-18)15-27;1-14(2,22-3)7-6-12(19)15-8-10(17)4-5-11(18)16-9-13(20)21;9-8-2-6(4-10)1-7(3-8)5-11/h10-12,26-27H,4-9,13-15H2,1-3H3,(H,24,30)(H,25,31);4-9H2,1-3H3,(H,15,19)(H,16,18)(H,20,21);1-3,10-11H,4-5,9H2. The van der Waals surface area contributed by atoms with Gasteiger partial charge >= 0.3 is 5.97 Å². The molecule has 0 unspecified atom stereocenters. The van der Waals surface area contributed by atoms with Crippen LogP contribution in [-0.4, -0.2) is 114 Å². The maximum absolute atomic E-state index is 12.1. The lowest BCUT2D eigenvalue weighted by Crippen LogP contribution is -2.32. The highest BCUT2D eigenvalue weighted by Gasteiger charge is 2.21. The predicted molar refractivity (Wildman–Crippen MR) is 260 cm³/mol. The number of rotatable bonds is 29. The van der Waals surface area contributed by atoms with Crippen LogP contribution in [-0.2, 0) is 64.8 Å². The Hall–Kier alpha value is -4.51. The largest absolute Gasteiger partial charge is 0.480 e. The van der Waals surface area contributed by atoms with Crippen LogP contribution in [0.5, 0.6) is 0 Å². The molecule has 0 aliphatic carbocycles. The number of nitrogen functional groups attached to an aromatic ring is 1. The van der Waals surface area contributed by atoms with Gasteiger partial charge in [-0.25, -0.2) is 0 Å². The Morgan fingerprint density at radius 1 is 0.515 bits per heavy atom. The number of carboxylic acids is 1. The molecule has 0 bridgehead atoms. The number of aliphatic hydroxyl groups excluding tert-OH is 4. The van der Waals surface area contributed by atoms with Gasteiger partial charge in [0.1, 0.15) is 12.3 Å². The summed E-state index contributed by atoms with van der Waals surface area (Å²) in [5.41, 5.74) is 9.05. The van der Waals surface area contributed by atoms with E-state index in [9.17, 15) is 48.6 Å². The first-order valence-electron chi connectivity index (χ1n) is 21.1. The molecule has 0 spiro atoms. The van der Waals surface area contributed by atoms with Crippen molar-refractivity contribution in [3.8, 4) is 0 Å². The van der Waals surface area contributed by atoms with E-state index in [4.69, 9.17) is 21.1 Å². The van der Waals surface area contributed by atoms with Gasteiger partial charge in [0, 0.05) is 72.2 Å². The van der Waals surface area contributed by atoms with E-state index in [0.717, 1.165) is 17.5 Å². The molecule has 2 rings (SSSR count). The summed E-state index contributed by atoms with van der Waals surface area (Å²) in [6.45, 7) is 6.96. The molecule has 0 aromatic heterocycles. The minimum atomic E-state index is -1.14. The Bertz CT molecular complexity index is 1850. The molecule has 0 atom stereocenters. The summed E-state index contributed by atoms with van der Waals surface area (Å²) >= 11 is 1.68. The summed E-state index contributed by atoms with van der Waals surface area (Å²) in [7, 11) is 3.38. The van der Waals surface area contributed by atoms with E-state index in [-0.39, 0.29) is 123 Å². The summed E-state index contributed by atoms with van der Waals surface area (Å²) in [6.07, 6.45) is 6.17. The molecule has 2 aromatic carbocycles. The van der Waals surface area contributed by atoms with Crippen LogP contribution in [0.2, 0.25) is 0 Å². The van der Waals surface area contributed by atoms with Gasteiger partial charge in [0.15, 0.2) is 11.6 Å². The van der Waals surface area contributed by atoms with Gasteiger partial charge in [-0.3, -0.25) is 38.4 Å². The molecule has 2 aromatic rings. The fraction of sp³-hybridized carbons (Fsp3) is 0.556. The second-order valence-electron chi connectivity index (χ2n) is 16.1. The van der Waals surface area contributed by atoms with Gasteiger partial charge < -0.3 is 52.5 Å². The zero-order valence-electron chi connectivity index (χ0n) is 38.8. The minimum Gasteiger partial charge on any atom is -0.480 e. The van der Waals surface area contributed by atoms with Crippen molar-refractivity contribution >= 4 is 91.7 Å². The summed E-state index contributed by atoms with van der Waals surface area (Å²) in [5, 5.41) is 54.2. The first-order chi connectivity index (χ1) is 31.0. The van der Waals surface area contributed by atoms with E-state index in [1.165, 1.54) is 0 Å². The van der Waals surface area contributed by atoms with Gasteiger partial charge in [-0.2, -0.15) is 11.8 Å². The van der Waals surface area contributed by atoms with Crippen molar-refractivity contribution < 1.29 is 63.9 Å². The molecule has 21 heteroatoms.